The fraction of sp³-hybridized carbons (Fsp3) is 0.148. The van der Waals surface area contributed by atoms with Crippen molar-refractivity contribution < 1.29 is 31.7 Å². The van der Waals surface area contributed by atoms with Gasteiger partial charge in [0, 0.05) is 0 Å². The van der Waals surface area contributed by atoms with Crippen molar-refractivity contribution in [3.05, 3.63) is 83.4 Å². The maximum atomic E-state index is 13.3. The minimum Gasteiger partial charge on any atom is -0.497 e. The summed E-state index contributed by atoms with van der Waals surface area (Å²) in [6.45, 7) is 3.80. The van der Waals surface area contributed by atoms with Crippen LogP contribution in [0.3, 0.4) is 0 Å². The van der Waals surface area contributed by atoms with E-state index in [0.29, 0.717) is 17.0 Å². The van der Waals surface area contributed by atoms with Gasteiger partial charge in [-0.05, 0) is 86.2 Å². The van der Waals surface area contributed by atoms with Crippen LogP contribution in [0.15, 0.2) is 77.2 Å². The van der Waals surface area contributed by atoms with E-state index in [0.717, 1.165) is 5.56 Å². The zero-order valence-electron chi connectivity index (χ0n) is 20.8. The highest BCUT2D eigenvalue weighted by Gasteiger charge is 2.34. The highest BCUT2D eigenvalue weighted by Crippen LogP contribution is 2.33. The predicted molar refractivity (Wildman–Crippen MR) is 146 cm³/mol. The molecule has 196 valence electrons. The van der Waals surface area contributed by atoms with Crippen molar-refractivity contribution in [1.82, 2.24) is 5.32 Å². The first kappa shape index (κ1) is 26.8. The number of benzene rings is 3. The van der Waals surface area contributed by atoms with E-state index in [9.17, 15) is 18.0 Å². The number of rotatable bonds is 8. The molecule has 0 bridgehead atoms. The second kappa shape index (κ2) is 11.0. The molecular formula is C27H24N2O7S2. The maximum absolute atomic E-state index is 13.3. The van der Waals surface area contributed by atoms with Crippen molar-refractivity contribution in [2.75, 3.05) is 18.6 Å². The van der Waals surface area contributed by atoms with Crippen LogP contribution in [0.2, 0.25) is 0 Å². The lowest BCUT2D eigenvalue weighted by molar-refractivity contribution is -0.122. The number of aryl methyl sites for hydroxylation is 1. The Morgan fingerprint density at radius 3 is 2.29 bits per heavy atom. The van der Waals surface area contributed by atoms with Crippen LogP contribution >= 0.6 is 12.2 Å². The van der Waals surface area contributed by atoms with E-state index in [1.807, 2.05) is 6.92 Å². The van der Waals surface area contributed by atoms with Crippen LogP contribution in [-0.2, 0) is 19.7 Å². The van der Waals surface area contributed by atoms with Crippen LogP contribution in [0.5, 0.6) is 17.2 Å². The Kier molecular flexibility index (Phi) is 7.79. The standard InChI is InChI=1S/C27H24N2O7S2/c1-4-35-24-16-18(7-14-23(24)36-38(32,33)21-12-5-17(2)6-13-21)15-22-25(30)28-27(37)29(26(22)31)19-8-10-20(34-3)11-9-19/h5-16H,4H2,1-3H3,(H,28,30,37)/b22-15-. The Balaban J connectivity index is 1.66. The van der Waals surface area contributed by atoms with Crippen molar-refractivity contribution in [3.8, 4) is 17.2 Å². The number of thiocarbonyl (C=S) groups is 1. The van der Waals surface area contributed by atoms with Gasteiger partial charge in [0.2, 0.25) is 0 Å². The van der Waals surface area contributed by atoms with Gasteiger partial charge in [-0.15, -0.1) is 0 Å². The molecule has 0 saturated carbocycles. The molecule has 2 amide bonds. The van der Waals surface area contributed by atoms with Gasteiger partial charge in [-0.2, -0.15) is 8.42 Å². The summed E-state index contributed by atoms with van der Waals surface area (Å²) < 4.78 is 41.7. The molecule has 0 aromatic heterocycles. The summed E-state index contributed by atoms with van der Waals surface area (Å²) in [5.74, 6) is -0.591. The minimum atomic E-state index is -4.12. The Hall–Kier alpha value is -4.22. The van der Waals surface area contributed by atoms with Gasteiger partial charge >= 0.3 is 10.1 Å². The molecule has 1 heterocycles. The lowest BCUT2D eigenvalue weighted by Crippen LogP contribution is -2.54. The van der Waals surface area contributed by atoms with Crippen LogP contribution < -0.4 is 23.9 Å². The molecule has 0 atom stereocenters. The Morgan fingerprint density at radius 2 is 1.66 bits per heavy atom. The summed E-state index contributed by atoms with van der Waals surface area (Å²) in [5, 5.41) is 2.47. The summed E-state index contributed by atoms with van der Waals surface area (Å²) in [4.78, 5) is 27.2. The lowest BCUT2D eigenvalue weighted by Gasteiger charge is -2.29. The molecule has 1 aliphatic rings. The van der Waals surface area contributed by atoms with Crippen LogP contribution in [0, 0.1) is 6.92 Å². The number of hydrogen-bond acceptors (Lipinski definition) is 8. The van der Waals surface area contributed by atoms with Crippen molar-refractivity contribution in [2.45, 2.75) is 18.7 Å². The number of hydrogen-bond donors (Lipinski definition) is 1. The molecule has 4 rings (SSSR count). The zero-order valence-corrected chi connectivity index (χ0v) is 22.4. The molecule has 0 spiro atoms. The number of methoxy groups -OCH3 is 1. The molecule has 0 radical (unpaired) electrons. The summed E-state index contributed by atoms with van der Waals surface area (Å²) in [6.07, 6.45) is 1.37. The topological polar surface area (TPSA) is 111 Å². The second-order valence-electron chi connectivity index (χ2n) is 8.15. The highest BCUT2D eigenvalue weighted by molar-refractivity contribution is 7.87. The van der Waals surface area contributed by atoms with Crippen LogP contribution in [-0.4, -0.2) is 39.1 Å². The van der Waals surface area contributed by atoms with Gasteiger partial charge in [-0.1, -0.05) is 23.8 Å². The first-order chi connectivity index (χ1) is 18.1. The Morgan fingerprint density at radius 1 is 0.974 bits per heavy atom. The van der Waals surface area contributed by atoms with Crippen LogP contribution in [0.25, 0.3) is 6.08 Å². The van der Waals surface area contributed by atoms with Crippen molar-refractivity contribution >= 4 is 51.0 Å². The molecule has 1 aliphatic heterocycles. The van der Waals surface area contributed by atoms with Crippen LogP contribution in [0.4, 0.5) is 5.69 Å². The van der Waals surface area contributed by atoms with E-state index in [1.165, 1.54) is 48.4 Å². The van der Waals surface area contributed by atoms with Gasteiger partial charge in [-0.25, -0.2) is 0 Å². The molecule has 38 heavy (non-hydrogen) atoms. The fourth-order valence-corrected chi connectivity index (χ4v) is 4.83. The van der Waals surface area contributed by atoms with Crippen molar-refractivity contribution in [1.29, 1.82) is 0 Å². The highest BCUT2D eigenvalue weighted by atomic mass is 32.2. The molecule has 1 saturated heterocycles. The predicted octanol–water partition coefficient (Wildman–Crippen LogP) is 4.00. The van der Waals surface area contributed by atoms with E-state index in [1.54, 1.807) is 43.3 Å². The van der Waals surface area contributed by atoms with E-state index in [2.05, 4.69) is 5.32 Å². The lowest BCUT2D eigenvalue weighted by atomic mass is 10.1. The summed E-state index contributed by atoms with van der Waals surface area (Å²) in [7, 11) is -2.60. The van der Waals surface area contributed by atoms with Crippen molar-refractivity contribution in [2.24, 2.45) is 0 Å². The minimum absolute atomic E-state index is 0.00388. The van der Waals surface area contributed by atoms with Gasteiger partial charge in [0.05, 0.1) is 19.4 Å². The Bertz CT molecular complexity index is 1530. The fourth-order valence-electron chi connectivity index (χ4n) is 3.61. The number of carbonyl (C=O) groups excluding carboxylic acids is 2. The number of nitrogens with one attached hydrogen (secondary N) is 1. The quantitative estimate of drug-likeness (QED) is 0.193. The molecule has 0 aliphatic carbocycles. The average molecular weight is 553 g/mol. The van der Waals surface area contributed by atoms with Gasteiger partial charge in [-0.3, -0.25) is 19.8 Å². The molecule has 3 aromatic carbocycles. The third kappa shape index (κ3) is 5.68. The SMILES string of the molecule is CCOc1cc(/C=C2/C(=O)NC(=S)N(c3ccc(OC)cc3)C2=O)ccc1OS(=O)(=O)c1ccc(C)cc1. The first-order valence-electron chi connectivity index (χ1n) is 11.5. The molecule has 0 unspecified atom stereocenters. The largest absolute Gasteiger partial charge is 0.497 e. The van der Waals surface area contributed by atoms with Gasteiger partial charge in [0.15, 0.2) is 16.6 Å². The monoisotopic (exact) mass is 552 g/mol. The smallest absolute Gasteiger partial charge is 0.339 e. The molecule has 3 aromatic rings. The number of amides is 2. The van der Waals surface area contributed by atoms with E-state index in [-0.39, 0.29) is 33.7 Å². The summed E-state index contributed by atoms with van der Waals surface area (Å²) >= 11 is 5.23. The molecule has 9 nitrogen and oxygen atoms in total. The van der Waals surface area contributed by atoms with Crippen LogP contribution in [0.1, 0.15) is 18.1 Å². The number of carbonyl (C=O) groups is 2. The molecule has 1 N–H and O–H groups in total. The summed E-state index contributed by atoms with van der Waals surface area (Å²) in [5.41, 5.74) is 1.60. The van der Waals surface area contributed by atoms with E-state index < -0.39 is 21.9 Å². The summed E-state index contributed by atoms with van der Waals surface area (Å²) in [6, 6.07) is 17.3. The third-order valence-electron chi connectivity index (χ3n) is 5.52. The molecule has 1 fully saturated rings. The average Bonchev–Trinajstić information content (AvgIpc) is 2.88. The molecule has 11 heteroatoms. The van der Waals surface area contributed by atoms with E-state index >= 15 is 0 Å². The molecular weight excluding hydrogens is 528 g/mol. The normalized spacial score (nSPS) is 14.9. The zero-order chi connectivity index (χ0) is 27.4. The third-order valence-corrected chi connectivity index (χ3v) is 7.05. The van der Waals surface area contributed by atoms with Gasteiger partial charge in [0.1, 0.15) is 16.2 Å². The van der Waals surface area contributed by atoms with Gasteiger partial charge < -0.3 is 13.7 Å². The number of anilines is 1. The second-order valence-corrected chi connectivity index (χ2v) is 10.1. The maximum Gasteiger partial charge on any atom is 0.339 e. The first-order valence-corrected chi connectivity index (χ1v) is 13.3. The van der Waals surface area contributed by atoms with Crippen molar-refractivity contribution in [3.63, 3.8) is 0 Å². The number of ether oxygens (including phenoxy) is 2. The van der Waals surface area contributed by atoms with E-state index in [4.69, 9.17) is 25.9 Å². The Labute approximate surface area is 225 Å². The number of nitrogens with zero attached hydrogens (tertiary/aromatic N) is 1. The van der Waals surface area contributed by atoms with Gasteiger partial charge in [0.25, 0.3) is 11.8 Å².